The van der Waals surface area contributed by atoms with Crippen molar-refractivity contribution in [2.75, 3.05) is 18.1 Å². The van der Waals surface area contributed by atoms with E-state index >= 15 is 0 Å². The molecule has 1 heterocycles. The predicted molar refractivity (Wildman–Crippen MR) is 71.9 cm³/mol. The molecule has 0 spiro atoms. The molecule has 1 fully saturated rings. The van der Waals surface area contributed by atoms with Crippen molar-refractivity contribution < 1.29 is 13.2 Å². The molecule has 6 heteroatoms. The molecule has 0 aromatic carbocycles. The van der Waals surface area contributed by atoms with Crippen LogP contribution >= 0.6 is 0 Å². The van der Waals surface area contributed by atoms with Crippen molar-refractivity contribution in [3.05, 3.63) is 0 Å². The first kappa shape index (κ1) is 15.4. The molecule has 18 heavy (non-hydrogen) atoms. The van der Waals surface area contributed by atoms with E-state index in [1.165, 1.54) is 0 Å². The second kappa shape index (κ2) is 6.02. The summed E-state index contributed by atoms with van der Waals surface area (Å²) in [6.07, 6.45) is 0.848. The van der Waals surface area contributed by atoms with Crippen LogP contribution < -0.4 is 5.32 Å². The molecule has 3 unspecified atom stereocenters. The number of rotatable bonds is 6. The Balaban J connectivity index is 2.65. The van der Waals surface area contributed by atoms with Gasteiger partial charge in [0.2, 0.25) is 5.91 Å². The molecule has 0 aromatic rings. The van der Waals surface area contributed by atoms with Gasteiger partial charge in [0.25, 0.3) is 0 Å². The Morgan fingerprint density at radius 1 is 1.39 bits per heavy atom. The molecule has 106 valence electrons. The Kier molecular flexibility index (Phi) is 5.16. The summed E-state index contributed by atoms with van der Waals surface area (Å²) in [5.74, 6) is 0.482. The summed E-state index contributed by atoms with van der Waals surface area (Å²) < 4.78 is 23.0. The smallest absolute Gasteiger partial charge is 0.241 e. The number of carbonyl (C=O) groups is 1. The lowest BCUT2D eigenvalue weighted by molar-refractivity contribution is -0.130. The van der Waals surface area contributed by atoms with E-state index in [-0.39, 0.29) is 42.1 Å². The highest BCUT2D eigenvalue weighted by Crippen LogP contribution is 2.19. The molecule has 1 saturated heterocycles. The number of hydrogen-bond acceptors (Lipinski definition) is 4. The van der Waals surface area contributed by atoms with Crippen molar-refractivity contribution in [1.82, 2.24) is 10.2 Å². The molecule has 1 rings (SSSR count). The van der Waals surface area contributed by atoms with Crippen LogP contribution in [0.15, 0.2) is 0 Å². The fraction of sp³-hybridized carbons (Fsp3) is 0.917. The summed E-state index contributed by atoms with van der Waals surface area (Å²) >= 11 is 0. The van der Waals surface area contributed by atoms with Gasteiger partial charge in [0.1, 0.15) is 0 Å². The molecule has 0 bridgehead atoms. The van der Waals surface area contributed by atoms with Crippen molar-refractivity contribution >= 4 is 15.7 Å². The number of nitrogens with zero attached hydrogens (tertiary/aromatic N) is 1. The van der Waals surface area contributed by atoms with Crippen LogP contribution in [0.5, 0.6) is 0 Å². The van der Waals surface area contributed by atoms with Gasteiger partial charge in [-0.15, -0.1) is 0 Å². The molecular formula is C12H24N2O3S. The molecule has 1 amide bonds. The van der Waals surface area contributed by atoms with Gasteiger partial charge in [-0.1, -0.05) is 27.2 Å². The summed E-state index contributed by atoms with van der Waals surface area (Å²) in [5.41, 5.74) is 0. The van der Waals surface area contributed by atoms with Crippen LogP contribution in [-0.4, -0.2) is 49.5 Å². The number of sulfone groups is 1. The van der Waals surface area contributed by atoms with Gasteiger partial charge in [0.05, 0.1) is 18.0 Å². The number of hydrogen-bond donors (Lipinski definition) is 1. The first-order valence-electron chi connectivity index (χ1n) is 6.59. The average Bonchev–Trinajstić information content (AvgIpc) is 2.62. The Hall–Kier alpha value is -0.620. The van der Waals surface area contributed by atoms with Crippen LogP contribution in [0.4, 0.5) is 0 Å². The van der Waals surface area contributed by atoms with Gasteiger partial charge in [-0.2, -0.15) is 0 Å². The van der Waals surface area contributed by atoms with Crippen molar-refractivity contribution in [2.45, 2.75) is 46.3 Å². The Morgan fingerprint density at radius 3 is 2.50 bits per heavy atom. The molecule has 1 N–H and O–H groups in total. The van der Waals surface area contributed by atoms with E-state index in [0.717, 1.165) is 6.42 Å². The Morgan fingerprint density at radius 2 is 2.00 bits per heavy atom. The first-order chi connectivity index (χ1) is 8.32. The molecule has 0 aromatic heterocycles. The summed E-state index contributed by atoms with van der Waals surface area (Å²) in [4.78, 5) is 13.8. The lowest BCUT2D eigenvalue weighted by Crippen LogP contribution is -2.38. The second-order valence-electron chi connectivity index (χ2n) is 4.97. The highest BCUT2D eigenvalue weighted by atomic mass is 32.2. The van der Waals surface area contributed by atoms with Crippen LogP contribution in [0.2, 0.25) is 0 Å². The van der Waals surface area contributed by atoms with Gasteiger partial charge in [-0.3, -0.25) is 10.1 Å². The lowest BCUT2D eigenvalue weighted by atomic mass is 9.99. The van der Waals surface area contributed by atoms with Crippen LogP contribution in [0.1, 0.15) is 34.1 Å². The molecule has 0 saturated carbocycles. The van der Waals surface area contributed by atoms with E-state index < -0.39 is 9.84 Å². The van der Waals surface area contributed by atoms with E-state index in [1.807, 2.05) is 13.8 Å². The fourth-order valence-corrected chi connectivity index (χ4v) is 2.88. The van der Waals surface area contributed by atoms with Crippen molar-refractivity contribution in [2.24, 2.45) is 5.92 Å². The standard InChI is InChI=1S/C12H24N2O3S/c1-5-9(3)11-12(15)14(10(4)13-11)7-8-18(16,17)6-2/h9-11,13H,5-8H2,1-4H3. The largest absolute Gasteiger partial charge is 0.325 e. The SMILES string of the molecule is CCC(C)C1NC(C)N(CCS(=O)(=O)CC)C1=O. The van der Waals surface area contributed by atoms with Crippen molar-refractivity contribution in [1.29, 1.82) is 0 Å². The number of amides is 1. The zero-order valence-electron chi connectivity index (χ0n) is 11.6. The highest BCUT2D eigenvalue weighted by molar-refractivity contribution is 7.91. The molecule has 0 aliphatic carbocycles. The van der Waals surface area contributed by atoms with Crippen LogP contribution in [-0.2, 0) is 14.6 Å². The minimum absolute atomic E-state index is 0.0307. The molecule has 1 aliphatic heterocycles. The topological polar surface area (TPSA) is 66.5 Å². The lowest BCUT2D eigenvalue weighted by Gasteiger charge is -2.20. The maximum Gasteiger partial charge on any atom is 0.241 e. The predicted octanol–water partition coefficient (Wildman–Crippen LogP) is 0.614. The third-order valence-corrected chi connectivity index (χ3v) is 5.42. The van der Waals surface area contributed by atoms with E-state index in [0.29, 0.717) is 0 Å². The number of nitrogens with one attached hydrogen (secondary N) is 1. The molecule has 5 nitrogen and oxygen atoms in total. The Bertz CT molecular complexity index is 394. The molecular weight excluding hydrogens is 252 g/mol. The average molecular weight is 276 g/mol. The normalized spacial score (nSPS) is 26.7. The van der Waals surface area contributed by atoms with Crippen LogP contribution in [0.3, 0.4) is 0 Å². The first-order valence-corrected chi connectivity index (χ1v) is 8.41. The zero-order chi connectivity index (χ0) is 13.9. The van der Waals surface area contributed by atoms with Gasteiger partial charge in [-0.05, 0) is 12.8 Å². The Labute approximate surface area is 110 Å². The van der Waals surface area contributed by atoms with Crippen LogP contribution in [0.25, 0.3) is 0 Å². The molecule has 1 aliphatic rings. The van der Waals surface area contributed by atoms with Crippen molar-refractivity contribution in [3.8, 4) is 0 Å². The summed E-state index contributed by atoms with van der Waals surface area (Å²) in [5, 5.41) is 3.24. The zero-order valence-corrected chi connectivity index (χ0v) is 12.5. The second-order valence-corrected chi connectivity index (χ2v) is 7.45. The maximum atomic E-state index is 12.2. The van der Waals surface area contributed by atoms with Gasteiger partial charge >= 0.3 is 0 Å². The molecule has 3 atom stereocenters. The van der Waals surface area contributed by atoms with Gasteiger partial charge in [-0.25, -0.2) is 8.42 Å². The monoisotopic (exact) mass is 276 g/mol. The summed E-state index contributed by atoms with van der Waals surface area (Å²) in [6.45, 7) is 7.91. The van der Waals surface area contributed by atoms with Crippen molar-refractivity contribution in [3.63, 3.8) is 0 Å². The quantitative estimate of drug-likeness (QED) is 0.772. The third kappa shape index (κ3) is 3.45. The summed E-state index contributed by atoms with van der Waals surface area (Å²) in [7, 11) is -3.02. The van der Waals surface area contributed by atoms with Gasteiger partial charge in [0.15, 0.2) is 9.84 Å². The van der Waals surface area contributed by atoms with E-state index in [2.05, 4.69) is 12.2 Å². The fourth-order valence-electron chi connectivity index (χ4n) is 2.12. The maximum absolute atomic E-state index is 12.2. The van der Waals surface area contributed by atoms with E-state index in [1.54, 1.807) is 11.8 Å². The third-order valence-electron chi connectivity index (χ3n) is 3.73. The minimum atomic E-state index is -3.02. The van der Waals surface area contributed by atoms with E-state index in [4.69, 9.17) is 0 Å². The summed E-state index contributed by atoms with van der Waals surface area (Å²) in [6, 6.07) is -0.172. The molecule has 0 radical (unpaired) electrons. The van der Waals surface area contributed by atoms with Crippen LogP contribution in [0, 0.1) is 5.92 Å². The van der Waals surface area contributed by atoms with Gasteiger partial charge in [0, 0.05) is 12.3 Å². The minimum Gasteiger partial charge on any atom is -0.325 e. The highest BCUT2D eigenvalue weighted by Gasteiger charge is 2.38. The number of carbonyl (C=O) groups excluding carboxylic acids is 1. The van der Waals surface area contributed by atoms with E-state index in [9.17, 15) is 13.2 Å². The van der Waals surface area contributed by atoms with Gasteiger partial charge < -0.3 is 4.90 Å².